The van der Waals surface area contributed by atoms with Crippen molar-refractivity contribution in [1.82, 2.24) is 20.3 Å². The van der Waals surface area contributed by atoms with Crippen LogP contribution in [0.5, 0.6) is 0 Å². The van der Waals surface area contributed by atoms with Crippen molar-refractivity contribution in [3.8, 4) is 5.69 Å². The second-order valence-corrected chi connectivity index (χ2v) is 6.63. The average molecular weight is 432 g/mol. The number of hydrogen-bond acceptors (Lipinski definition) is 5. The third-order valence-corrected chi connectivity index (χ3v) is 4.47. The molecule has 30 heavy (non-hydrogen) atoms. The molecule has 3 rings (SSSR count). The topological polar surface area (TPSA) is 135 Å². The van der Waals surface area contributed by atoms with Crippen molar-refractivity contribution in [2.24, 2.45) is 0 Å². The Morgan fingerprint density at radius 2 is 1.97 bits per heavy atom. The van der Waals surface area contributed by atoms with E-state index in [0.717, 1.165) is 0 Å². The number of hydroxylamine groups is 1. The maximum absolute atomic E-state index is 13.3. The molecule has 0 spiro atoms. The summed E-state index contributed by atoms with van der Waals surface area (Å²) < 4.78 is 1.26. The third kappa shape index (κ3) is 4.34. The van der Waals surface area contributed by atoms with E-state index in [0.29, 0.717) is 16.9 Å². The van der Waals surface area contributed by atoms with Gasteiger partial charge in [0.2, 0.25) is 0 Å². The number of rotatable bonds is 5. The molecule has 0 aliphatic carbocycles. The van der Waals surface area contributed by atoms with Crippen molar-refractivity contribution in [1.29, 1.82) is 0 Å². The first-order valence-corrected chi connectivity index (χ1v) is 9.10. The highest BCUT2D eigenvalue weighted by Gasteiger charge is 2.20. The van der Waals surface area contributed by atoms with Crippen LogP contribution >= 0.6 is 11.6 Å². The van der Waals surface area contributed by atoms with Crippen molar-refractivity contribution < 1.29 is 19.5 Å². The van der Waals surface area contributed by atoms with Crippen molar-refractivity contribution in [3.05, 3.63) is 63.7 Å². The number of urea groups is 1. The van der Waals surface area contributed by atoms with Crippen LogP contribution in [0.3, 0.4) is 0 Å². The molecular formula is C19H18ClN5O5. The lowest BCUT2D eigenvalue weighted by molar-refractivity contribution is 0.114. The molecule has 1 aromatic heterocycles. The first kappa shape index (κ1) is 21.1. The predicted molar refractivity (Wildman–Crippen MR) is 111 cm³/mol. The summed E-state index contributed by atoms with van der Waals surface area (Å²) in [5, 5.41) is 14.4. The molecule has 10 nitrogen and oxygen atoms in total. The highest BCUT2D eigenvalue weighted by atomic mass is 35.5. The van der Waals surface area contributed by atoms with E-state index in [1.165, 1.54) is 17.7 Å². The number of benzene rings is 2. The van der Waals surface area contributed by atoms with E-state index in [9.17, 15) is 14.4 Å². The number of anilines is 1. The molecule has 0 fully saturated rings. The summed E-state index contributed by atoms with van der Waals surface area (Å²) in [5.74, 6) is 0.163. The van der Waals surface area contributed by atoms with Gasteiger partial charge >= 0.3 is 12.1 Å². The normalized spacial score (nSPS) is 11.7. The number of carboxylic acid groups (broad SMARTS) is 1. The van der Waals surface area contributed by atoms with Crippen LogP contribution in [-0.4, -0.2) is 33.9 Å². The van der Waals surface area contributed by atoms with Crippen molar-refractivity contribution in [2.45, 2.75) is 13.0 Å². The molecule has 3 aromatic rings. The van der Waals surface area contributed by atoms with E-state index >= 15 is 0 Å². The van der Waals surface area contributed by atoms with E-state index in [1.54, 1.807) is 43.3 Å². The zero-order chi connectivity index (χ0) is 21.8. The van der Waals surface area contributed by atoms with Gasteiger partial charge in [0.1, 0.15) is 5.82 Å². The van der Waals surface area contributed by atoms with Crippen LogP contribution < -0.4 is 21.7 Å². The summed E-state index contributed by atoms with van der Waals surface area (Å²) in [6, 6.07) is 9.83. The molecule has 0 saturated heterocycles. The van der Waals surface area contributed by atoms with Gasteiger partial charge in [-0.05, 0) is 37.3 Å². The van der Waals surface area contributed by atoms with Crippen LogP contribution in [0.1, 0.15) is 18.8 Å². The lowest BCUT2D eigenvalue weighted by Crippen LogP contribution is -2.32. The van der Waals surface area contributed by atoms with Gasteiger partial charge in [-0.15, -0.1) is 0 Å². The molecule has 0 radical (unpaired) electrons. The number of aromatic nitrogens is 2. The maximum atomic E-state index is 13.3. The summed E-state index contributed by atoms with van der Waals surface area (Å²) in [5.41, 5.74) is 2.72. The van der Waals surface area contributed by atoms with Crippen LogP contribution in [0.2, 0.25) is 5.02 Å². The largest absolute Gasteiger partial charge is 0.465 e. The highest BCUT2D eigenvalue weighted by molar-refractivity contribution is 6.35. The first-order chi connectivity index (χ1) is 14.3. The van der Waals surface area contributed by atoms with Gasteiger partial charge in [-0.3, -0.25) is 14.2 Å². The van der Waals surface area contributed by atoms with Crippen LogP contribution in [-0.2, 0) is 4.84 Å². The minimum Gasteiger partial charge on any atom is -0.465 e. The monoisotopic (exact) mass is 431 g/mol. The van der Waals surface area contributed by atoms with Gasteiger partial charge in [0, 0.05) is 5.69 Å². The Kier molecular flexibility index (Phi) is 6.19. The Labute approximate surface area is 175 Å². The maximum Gasteiger partial charge on any atom is 0.405 e. The van der Waals surface area contributed by atoms with Crippen molar-refractivity contribution in [2.75, 3.05) is 12.4 Å². The molecule has 2 aromatic carbocycles. The van der Waals surface area contributed by atoms with Crippen LogP contribution in [0.15, 0.2) is 47.3 Å². The Balaban J connectivity index is 2.22. The fourth-order valence-corrected chi connectivity index (χ4v) is 3.22. The summed E-state index contributed by atoms with van der Waals surface area (Å²) in [6.45, 7) is 1.57. The average Bonchev–Trinajstić information content (AvgIpc) is 2.67. The number of carbonyl (C=O) groups excluding carboxylic acids is 1. The molecule has 0 bridgehead atoms. The third-order valence-electron chi connectivity index (χ3n) is 4.16. The molecule has 4 N–H and O–H groups in total. The van der Waals surface area contributed by atoms with Gasteiger partial charge in [-0.2, -0.15) is 0 Å². The van der Waals surface area contributed by atoms with E-state index in [4.69, 9.17) is 16.7 Å². The predicted octanol–water partition coefficient (Wildman–Crippen LogP) is 3.05. The standard InChI is InChI=1S/C19H18ClN5O5/c1-10(21-19(28)29)16-23-14-8-4-7-13(20)15(14)17(26)25(16)12-6-3-5-11(9-12)22-18(27)24-30-2/h3-10,21H,1-2H3,(H,28,29)(H2,22,24,27). The van der Waals surface area contributed by atoms with Gasteiger partial charge in [-0.25, -0.2) is 20.1 Å². The highest BCUT2D eigenvalue weighted by Crippen LogP contribution is 2.24. The number of nitrogens with zero attached hydrogens (tertiary/aromatic N) is 2. The summed E-state index contributed by atoms with van der Waals surface area (Å²) in [4.78, 5) is 45.3. The van der Waals surface area contributed by atoms with Crippen LogP contribution in [0.25, 0.3) is 16.6 Å². The minimum absolute atomic E-state index is 0.163. The fourth-order valence-electron chi connectivity index (χ4n) is 2.97. The Morgan fingerprint density at radius 1 is 1.23 bits per heavy atom. The lowest BCUT2D eigenvalue weighted by Gasteiger charge is -2.19. The molecular weight excluding hydrogens is 414 g/mol. The minimum atomic E-state index is -1.26. The zero-order valence-corrected chi connectivity index (χ0v) is 16.7. The SMILES string of the molecule is CONC(=O)Nc1cccc(-n2c(C(C)NC(=O)O)nc3cccc(Cl)c3c2=O)c1. The molecule has 0 aliphatic rings. The van der Waals surface area contributed by atoms with Crippen LogP contribution in [0, 0.1) is 0 Å². The van der Waals surface area contributed by atoms with E-state index in [2.05, 4.69) is 25.9 Å². The number of fused-ring (bicyclic) bond motifs is 1. The van der Waals surface area contributed by atoms with Crippen molar-refractivity contribution >= 4 is 40.3 Å². The smallest absolute Gasteiger partial charge is 0.405 e. The molecule has 156 valence electrons. The second kappa shape index (κ2) is 8.80. The number of hydrogen-bond donors (Lipinski definition) is 4. The first-order valence-electron chi connectivity index (χ1n) is 8.73. The molecule has 1 atom stereocenters. The Bertz CT molecular complexity index is 1180. The number of carbonyl (C=O) groups is 2. The van der Waals surface area contributed by atoms with E-state index < -0.39 is 23.7 Å². The van der Waals surface area contributed by atoms with Gasteiger partial charge < -0.3 is 15.7 Å². The molecule has 3 amide bonds. The second-order valence-electron chi connectivity index (χ2n) is 6.23. The van der Waals surface area contributed by atoms with E-state index in [1.807, 2.05) is 0 Å². The quantitative estimate of drug-likeness (QED) is 0.458. The van der Waals surface area contributed by atoms with Gasteiger partial charge in [0.15, 0.2) is 0 Å². The molecule has 1 heterocycles. The Hall–Kier alpha value is -3.63. The van der Waals surface area contributed by atoms with Crippen molar-refractivity contribution in [3.63, 3.8) is 0 Å². The van der Waals surface area contributed by atoms with E-state index in [-0.39, 0.29) is 16.2 Å². The number of nitrogens with one attached hydrogen (secondary N) is 3. The summed E-state index contributed by atoms with van der Waals surface area (Å²) >= 11 is 6.23. The summed E-state index contributed by atoms with van der Waals surface area (Å²) in [6.07, 6.45) is -1.26. The lowest BCUT2D eigenvalue weighted by atomic mass is 10.2. The molecule has 1 unspecified atom stereocenters. The fraction of sp³-hybridized carbons (Fsp3) is 0.158. The number of amides is 3. The zero-order valence-electron chi connectivity index (χ0n) is 16.0. The van der Waals surface area contributed by atoms with Gasteiger partial charge in [-0.1, -0.05) is 23.7 Å². The van der Waals surface area contributed by atoms with Gasteiger partial charge in [0.05, 0.1) is 34.8 Å². The van der Waals surface area contributed by atoms with Gasteiger partial charge in [0.25, 0.3) is 5.56 Å². The van der Waals surface area contributed by atoms with Crippen LogP contribution in [0.4, 0.5) is 15.3 Å². The molecule has 0 saturated carbocycles. The number of halogens is 1. The molecule has 0 aliphatic heterocycles. The summed E-state index contributed by atoms with van der Waals surface area (Å²) in [7, 11) is 1.29. The molecule has 11 heteroatoms. The Morgan fingerprint density at radius 3 is 2.67 bits per heavy atom.